The van der Waals surface area contributed by atoms with Crippen molar-refractivity contribution in [1.82, 2.24) is 4.90 Å². The van der Waals surface area contributed by atoms with Crippen LogP contribution in [0.15, 0.2) is 24.3 Å². The largest absolute Gasteiger partial charge is 0.478 e. The number of rotatable bonds is 3. The molecule has 7 nitrogen and oxygen atoms in total. The molecule has 0 bridgehead atoms. The van der Waals surface area contributed by atoms with Gasteiger partial charge < -0.3 is 20.1 Å². The van der Waals surface area contributed by atoms with Gasteiger partial charge in [0, 0.05) is 18.8 Å². The molecule has 0 aromatic heterocycles. The van der Waals surface area contributed by atoms with Gasteiger partial charge in [-0.05, 0) is 30.7 Å². The highest BCUT2D eigenvalue weighted by Gasteiger charge is 2.31. The van der Waals surface area contributed by atoms with E-state index in [4.69, 9.17) is 5.11 Å². The van der Waals surface area contributed by atoms with Crippen LogP contribution in [-0.4, -0.2) is 48.2 Å². The second kappa shape index (κ2) is 6.25. The molecule has 2 N–H and O–H groups in total. The molecular formula is C14H16N2O5. The summed E-state index contributed by atoms with van der Waals surface area (Å²) in [5, 5.41) is 11.5. The standard InChI is InChI=1S/C14H16N2O5/c1-21-13(19)10-6-7-16(8-10)14(20)15-11-4-2-9(3-5-11)12(17)18/h2-5,10H,6-8H2,1H3,(H,15,20)(H,17,18). The van der Waals surface area contributed by atoms with E-state index in [1.165, 1.54) is 36.3 Å². The minimum atomic E-state index is -1.02. The van der Waals surface area contributed by atoms with Crippen LogP contribution in [-0.2, 0) is 9.53 Å². The Bertz CT molecular complexity index is 555. The van der Waals surface area contributed by atoms with Gasteiger partial charge in [0.1, 0.15) is 0 Å². The van der Waals surface area contributed by atoms with Crippen molar-refractivity contribution in [2.45, 2.75) is 6.42 Å². The molecule has 1 fully saturated rings. The van der Waals surface area contributed by atoms with Crippen molar-refractivity contribution in [2.75, 3.05) is 25.5 Å². The summed E-state index contributed by atoms with van der Waals surface area (Å²) >= 11 is 0. The van der Waals surface area contributed by atoms with Crippen molar-refractivity contribution in [3.63, 3.8) is 0 Å². The van der Waals surface area contributed by atoms with Crippen LogP contribution in [0.1, 0.15) is 16.8 Å². The van der Waals surface area contributed by atoms with E-state index < -0.39 is 5.97 Å². The molecule has 1 heterocycles. The van der Waals surface area contributed by atoms with Crippen LogP contribution in [0.4, 0.5) is 10.5 Å². The summed E-state index contributed by atoms with van der Waals surface area (Å²) < 4.78 is 4.66. The molecule has 7 heteroatoms. The first-order chi connectivity index (χ1) is 10.0. The molecule has 2 rings (SSSR count). The third-order valence-electron chi connectivity index (χ3n) is 3.39. The number of esters is 1. The number of ether oxygens (including phenoxy) is 1. The lowest BCUT2D eigenvalue weighted by Crippen LogP contribution is -2.33. The van der Waals surface area contributed by atoms with E-state index in [-0.39, 0.29) is 23.5 Å². The lowest BCUT2D eigenvalue weighted by Gasteiger charge is -2.17. The molecule has 1 aliphatic heterocycles. The molecular weight excluding hydrogens is 276 g/mol. The van der Waals surface area contributed by atoms with Gasteiger partial charge >= 0.3 is 18.0 Å². The number of benzene rings is 1. The van der Waals surface area contributed by atoms with Gasteiger partial charge in [0.15, 0.2) is 0 Å². The number of carboxylic acids is 1. The van der Waals surface area contributed by atoms with Crippen LogP contribution >= 0.6 is 0 Å². The number of carbonyl (C=O) groups excluding carboxylic acids is 2. The smallest absolute Gasteiger partial charge is 0.335 e. The maximum atomic E-state index is 12.0. The first-order valence-corrected chi connectivity index (χ1v) is 6.48. The molecule has 1 unspecified atom stereocenters. The van der Waals surface area contributed by atoms with Gasteiger partial charge in [-0.1, -0.05) is 0 Å². The lowest BCUT2D eigenvalue weighted by molar-refractivity contribution is -0.144. The van der Waals surface area contributed by atoms with Gasteiger partial charge in [0.2, 0.25) is 0 Å². The van der Waals surface area contributed by atoms with Crippen molar-refractivity contribution >= 4 is 23.7 Å². The van der Waals surface area contributed by atoms with Gasteiger partial charge in [-0.25, -0.2) is 9.59 Å². The molecule has 0 radical (unpaired) electrons. The lowest BCUT2D eigenvalue weighted by atomic mass is 10.1. The van der Waals surface area contributed by atoms with Crippen molar-refractivity contribution in [3.05, 3.63) is 29.8 Å². The van der Waals surface area contributed by atoms with Crippen molar-refractivity contribution in [2.24, 2.45) is 5.92 Å². The molecule has 0 aliphatic carbocycles. The van der Waals surface area contributed by atoms with Crippen molar-refractivity contribution < 1.29 is 24.2 Å². The molecule has 1 saturated heterocycles. The van der Waals surface area contributed by atoms with Crippen LogP contribution < -0.4 is 5.32 Å². The minimum Gasteiger partial charge on any atom is -0.478 e. The summed E-state index contributed by atoms with van der Waals surface area (Å²) in [5.41, 5.74) is 0.659. The van der Waals surface area contributed by atoms with Gasteiger partial charge in [-0.15, -0.1) is 0 Å². The van der Waals surface area contributed by atoms with E-state index in [9.17, 15) is 14.4 Å². The first kappa shape index (κ1) is 14.8. The SMILES string of the molecule is COC(=O)C1CCN(C(=O)Nc2ccc(C(=O)O)cc2)C1. The fourth-order valence-corrected chi connectivity index (χ4v) is 2.20. The zero-order chi connectivity index (χ0) is 15.4. The molecule has 1 aromatic carbocycles. The summed E-state index contributed by atoms with van der Waals surface area (Å²) in [6, 6.07) is 5.56. The summed E-state index contributed by atoms with van der Waals surface area (Å²) in [6.45, 7) is 0.810. The highest BCUT2D eigenvalue weighted by Crippen LogP contribution is 2.19. The molecule has 2 amide bonds. The zero-order valence-electron chi connectivity index (χ0n) is 11.5. The molecule has 1 aliphatic rings. The average molecular weight is 292 g/mol. The fourth-order valence-electron chi connectivity index (χ4n) is 2.20. The normalized spacial score (nSPS) is 17.4. The number of methoxy groups -OCH3 is 1. The number of nitrogens with zero attached hydrogens (tertiary/aromatic N) is 1. The number of likely N-dealkylation sites (tertiary alicyclic amines) is 1. The van der Waals surface area contributed by atoms with Crippen LogP contribution in [0.25, 0.3) is 0 Å². The quantitative estimate of drug-likeness (QED) is 0.821. The number of amides is 2. The summed E-state index contributed by atoms with van der Waals surface area (Å²) in [5.74, 6) is -1.61. The Balaban J connectivity index is 1.93. The Labute approximate surface area is 121 Å². The molecule has 1 atom stereocenters. The van der Waals surface area contributed by atoms with Crippen LogP contribution in [0, 0.1) is 5.92 Å². The molecule has 1 aromatic rings. The number of aromatic carboxylic acids is 1. The fraction of sp³-hybridized carbons (Fsp3) is 0.357. The number of carbonyl (C=O) groups is 3. The molecule has 21 heavy (non-hydrogen) atoms. The maximum absolute atomic E-state index is 12.0. The second-order valence-electron chi connectivity index (χ2n) is 4.77. The van der Waals surface area contributed by atoms with Crippen LogP contribution in [0.5, 0.6) is 0 Å². The minimum absolute atomic E-state index is 0.153. The van der Waals surface area contributed by atoms with Crippen molar-refractivity contribution in [1.29, 1.82) is 0 Å². The average Bonchev–Trinajstić information content (AvgIpc) is 2.97. The topological polar surface area (TPSA) is 95.9 Å². The Kier molecular flexibility index (Phi) is 4.42. The van der Waals surface area contributed by atoms with E-state index >= 15 is 0 Å². The Morgan fingerprint density at radius 1 is 1.29 bits per heavy atom. The molecule has 0 spiro atoms. The van der Waals surface area contributed by atoms with E-state index in [1.54, 1.807) is 0 Å². The number of hydrogen-bond acceptors (Lipinski definition) is 4. The predicted octanol–water partition coefficient (Wildman–Crippen LogP) is 1.41. The second-order valence-corrected chi connectivity index (χ2v) is 4.77. The van der Waals surface area contributed by atoms with E-state index in [1.807, 2.05) is 0 Å². The maximum Gasteiger partial charge on any atom is 0.335 e. The Morgan fingerprint density at radius 3 is 2.52 bits per heavy atom. The summed E-state index contributed by atoms with van der Waals surface area (Å²) in [4.78, 5) is 35.7. The summed E-state index contributed by atoms with van der Waals surface area (Å²) in [6.07, 6.45) is 0.581. The van der Waals surface area contributed by atoms with Crippen LogP contribution in [0.3, 0.4) is 0 Å². The van der Waals surface area contributed by atoms with E-state index in [0.29, 0.717) is 25.2 Å². The van der Waals surface area contributed by atoms with Crippen LogP contribution in [0.2, 0.25) is 0 Å². The molecule has 0 saturated carbocycles. The zero-order valence-corrected chi connectivity index (χ0v) is 11.5. The third kappa shape index (κ3) is 3.50. The monoisotopic (exact) mass is 292 g/mol. The number of urea groups is 1. The predicted molar refractivity (Wildman–Crippen MR) is 74.1 cm³/mol. The van der Waals surface area contributed by atoms with Gasteiger partial charge in [0.25, 0.3) is 0 Å². The summed E-state index contributed by atoms with van der Waals surface area (Å²) in [7, 11) is 1.33. The number of anilines is 1. The number of nitrogens with one attached hydrogen (secondary N) is 1. The first-order valence-electron chi connectivity index (χ1n) is 6.48. The van der Waals surface area contributed by atoms with Gasteiger partial charge in [0.05, 0.1) is 18.6 Å². The Morgan fingerprint density at radius 2 is 1.95 bits per heavy atom. The highest BCUT2D eigenvalue weighted by molar-refractivity contribution is 5.92. The highest BCUT2D eigenvalue weighted by atomic mass is 16.5. The molecule has 112 valence electrons. The Hall–Kier alpha value is -2.57. The van der Waals surface area contributed by atoms with Gasteiger partial charge in [-0.2, -0.15) is 0 Å². The van der Waals surface area contributed by atoms with Gasteiger partial charge in [-0.3, -0.25) is 4.79 Å². The number of hydrogen-bond donors (Lipinski definition) is 2. The van der Waals surface area contributed by atoms with E-state index in [2.05, 4.69) is 10.1 Å². The number of carboxylic acid groups (broad SMARTS) is 1. The van der Waals surface area contributed by atoms with E-state index in [0.717, 1.165) is 0 Å². The third-order valence-corrected chi connectivity index (χ3v) is 3.39. The van der Waals surface area contributed by atoms with Crippen molar-refractivity contribution in [3.8, 4) is 0 Å².